The van der Waals surface area contributed by atoms with Crippen LogP contribution in [0, 0.1) is 0 Å². The number of anilines is 1. The minimum Gasteiger partial charge on any atom is -0.353 e. The van der Waals surface area contributed by atoms with E-state index in [-0.39, 0.29) is 12.5 Å². The Hall–Kier alpha value is -4.96. The van der Waals surface area contributed by atoms with Crippen molar-refractivity contribution in [1.29, 1.82) is 0 Å². The normalized spacial score (nSPS) is 11.4. The molecule has 0 bridgehead atoms. The SMILES string of the molecule is CN(C)CC(=O)Nc1cncc(-c2ccc3[nH]nc(-c4cc5c(-c6ccncc6)nccc5[nH]4)c3n2)c1. The summed E-state index contributed by atoms with van der Waals surface area (Å²) < 4.78 is 0. The van der Waals surface area contributed by atoms with Crippen molar-refractivity contribution in [1.82, 2.24) is 40.0 Å². The number of aromatic nitrogens is 7. The smallest absolute Gasteiger partial charge is 0.238 e. The molecule has 10 heteroatoms. The van der Waals surface area contributed by atoms with E-state index in [1.54, 1.807) is 31.0 Å². The van der Waals surface area contributed by atoms with Gasteiger partial charge in [0.25, 0.3) is 0 Å². The zero-order valence-corrected chi connectivity index (χ0v) is 20.2. The molecule has 0 fully saturated rings. The standard InChI is InChI=1S/C27H23N9O/c1-36(2)15-24(37)31-18-11-17(13-29-14-18)20-3-4-22-26(33-20)27(35-34-22)23-12-19-21(32-23)7-10-30-25(19)16-5-8-28-9-6-16/h3-14,32H,15H2,1-2H3,(H,31,37)(H,34,35). The molecule has 0 aromatic carbocycles. The largest absolute Gasteiger partial charge is 0.353 e. The van der Waals surface area contributed by atoms with Gasteiger partial charge in [-0.05, 0) is 56.6 Å². The lowest BCUT2D eigenvalue weighted by atomic mass is 10.1. The molecule has 0 atom stereocenters. The van der Waals surface area contributed by atoms with E-state index >= 15 is 0 Å². The summed E-state index contributed by atoms with van der Waals surface area (Å²) in [5.74, 6) is -0.107. The van der Waals surface area contributed by atoms with Crippen LogP contribution in [0.4, 0.5) is 5.69 Å². The summed E-state index contributed by atoms with van der Waals surface area (Å²) >= 11 is 0. The van der Waals surface area contributed by atoms with Crippen molar-refractivity contribution in [2.45, 2.75) is 0 Å². The molecule has 0 aliphatic rings. The maximum atomic E-state index is 12.2. The Bertz CT molecular complexity index is 1740. The molecule has 6 aromatic heterocycles. The van der Waals surface area contributed by atoms with Crippen LogP contribution in [0.2, 0.25) is 0 Å². The molecule has 0 aliphatic heterocycles. The van der Waals surface area contributed by atoms with E-state index in [4.69, 9.17) is 4.98 Å². The molecular formula is C27H23N9O. The number of pyridine rings is 4. The molecule has 0 spiro atoms. The Morgan fingerprint density at radius 2 is 1.78 bits per heavy atom. The van der Waals surface area contributed by atoms with Crippen LogP contribution in [0.15, 0.2) is 73.4 Å². The molecule has 6 aromatic rings. The second-order valence-electron chi connectivity index (χ2n) is 8.95. The van der Waals surface area contributed by atoms with Gasteiger partial charge in [-0.1, -0.05) is 0 Å². The van der Waals surface area contributed by atoms with Crippen molar-refractivity contribution in [2.24, 2.45) is 0 Å². The molecule has 1 amide bonds. The second kappa shape index (κ2) is 9.25. The van der Waals surface area contributed by atoms with Gasteiger partial charge >= 0.3 is 0 Å². The Labute approximate surface area is 211 Å². The van der Waals surface area contributed by atoms with Gasteiger partial charge < -0.3 is 15.2 Å². The lowest BCUT2D eigenvalue weighted by molar-refractivity contribution is -0.116. The average molecular weight is 490 g/mol. The third-order valence-corrected chi connectivity index (χ3v) is 5.94. The van der Waals surface area contributed by atoms with Crippen molar-refractivity contribution >= 4 is 33.5 Å². The number of likely N-dealkylation sites (N-methyl/N-ethyl adjacent to an activating group) is 1. The molecule has 0 saturated carbocycles. The summed E-state index contributed by atoms with van der Waals surface area (Å²) in [6, 6.07) is 13.6. The van der Waals surface area contributed by atoms with E-state index < -0.39 is 0 Å². The molecule has 37 heavy (non-hydrogen) atoms. The summed E-state index contributed by atoms with van der Waals surface area (Å²) in [6.07, 6.45) is 8.65. The maximum Gasteiger partial charge on any atom is 0.238 e. The first kappa shape index (κ1) is 22.5. The Kier molecular flexibility index (Phi) is 5.62. The number of amides is 1. The van der Waals surface area contributed by atoms with Crippen molar-refractivity contribution in [3.8, 4) is 33.9 Å². The fourth-order valence-electron chi connectivity index (χ4n) is 4.30. The molecule has 0 saturated heterocycles. The number of hydrogen-bond donors (Lipinski definition) is 3. The van der Waals surface area contributed by atoms with Gasteiger partial charge in [0.15, 0.2) is 0 Å². The molecule has 0 unspecified atom stereocenters. The Morgan fingerprint density at radius 1 is 0.919 bits per heavy atom. The molecule has 6 rings (SSSR count). The summed E-state index contributed by atoms with van der Waals surface area (Å²) in [5, 5.41) is 11.5. The third-order valence-electron chi connectivity index (χ3n) is 5.94. The summed E-state index contributed by atoms with van der Waals surface area (Å²) in [7, 11) is 3.69. The summed E-state index contributed by atoms with van der Waals surface area (Å²) in [5.41, 5.74) is 8.02. The molecule has 6 heterocycles. The van der Waals surface area contributed by atoms with Crippen LogP contribution >= 0.6 is 0 Å². The van der Waals surface area contributed by atoms with Gasteiger partial charge in [-0.2, -0.15) is 5.10 Å². The molecule has 0 aliphatic carbocycles. The zero-order chi connectivity index (χ0) is 25.4. The highest BCUT2D eigenvalue weighted by atomic mass is 16.2. The summed E-state index contributed by atoms with van der Waals surface area (Å²) in [6.45, 7) is 0.287. The number of nitrogens with one attached hydrogen (secondary N) is 3. The van der Waals surface area contributed by atoms with E-state index in [1.165, 1.54) is 0 Å². The van der Waals surface area contributed by atoms with E-state index in [0.29, 0.717) is 11.4 Å². The quantitative estimate of drug-likeness (QED) is 0.321. The first-order valence-electron chi connectivity index (χ1n) is 11.7. The van der Waals surface area contributed by atoms with Crippen molar-refractivity contribution in [2.75, 3.05) is 26.0 Å². The zero-order valence-electron chi connectivity index (χ0n) is 20.2. The number of carbonyl (C=O) groups excluding carboxylic acids is 1. The lowest BCUT2D eigenvalue weighted by Crippen LogP contribution is -2.27. The topological polar surface area (TPSA) is 128 Å². The monoisotopic (exact) mass is 489 g/mol. The van der Waals surface area contributed by atoms with Gasteiger partial charge in [-0.15, -0.1) is 0 Å². The minimum atomic E-state index is -0.107. The van der Waals surface area contributed by atoms with Crippen molar-refractivity contribution in [3.63, 3.8) is 0 Å². The van der Waals surface area contributed by atoms with Crippen LogP contribution < -0.4 is 5.32 Å². The number of fused-ring (bicyclic) bond motifs is 2. The molecule has 3 N–H and O–H groups in total. The van der Waals surface area contributed by atoms with Crippen LogP contribution in [0.1, 0.15) is 0 Å². The molecule has 10 nitrogen and oxygen atoms in total. The second-order valence-corrected chi connectivity index (χ2v) is 8.95. The number of nitrogens with zero attached hydrogens (tertiary/aromatic N) is 6. The third kappa shape index (κ3) is 4.41. The predicted molar refractivity (Wildman–Crippen MR) is 143 cm³/mol. The molecular weight excluding hydrogens is 466 g/mol. The van der Waals surface area contributed by atoms with Crippen molar-refractivity contribution in [3.05, 3.63) is 73.4 Å². The average Bonchev–Trinajstić information content (AvgIpc) is 3.52. The first-order chi connectivity index (χ1) is 18.0. The number of H-pyrrole nitrogens is 2. The van der Waals surface area contributed by atoms with Crippen LogP contribution in [-0.2, 0) is 4.79 Å². The number of carbonyl (C=O) groups is 1. The number of hydrogen-bond acceptors (Lipinski definition) is 7. The highest BCUT2D eigenvalue weighted by Crippen LogP contribution is 2.33. The van der Waals surface area contributed by atoms with Gasteiger partial charge in [0.05, 0.1) is 41.0 Å². The lowest BCUT2D eigenvalue weighted by Gasteiger charge is -2.10. The van der Waals surface area contributed by atoms with E-state index in [9.17, 15) is 4.79 Å². The van der Waals surface area contributed by atoms with Gasteiger partial charge in [0.2, 0.25) is 5.91 Å². The molecule has 0 radical (unpaired) electrons. The Morgan fingerprint density at radius 3 is 2.62 bits per heavy atom. The van der Waals surface area contributed by atoms with Gasteiger partial charge in [0, 0.05) is 46.8 Å². The first-order valence-corrected chi connectivity index (χ1v) is 11.7. The minimum absolute atomic E-state index is 0.107. The number of aromatic amines is 2. The van der Waals surface area contributed by atoms with E-state index in [0.717, 1.165) is 50.1 Å². The predicted octanol–water partition coefficient (Wildman–Crippen LogP) is 4.13. The molecule has 182 valence electrons. The van der Waals surface area contributed by atoms with Gasteiger partial charge in [-0.3, -0.25) is 24.8 Å². The van der Waals surface area contributed by atoms with Crippen LogP contribution in [0.5, 0.6) is 0 Å². The van der Waals surface area contributed by atoms with Gasteiger partial charge in [0.1, 0.15) is 11.2 Å². The number of rotatable bonds is 6. The maximum absolute atomic E-state index is 12.2. The fraction of sp³-hybridized carbons (Fsp3) is 0.111. The van der Waals surface area contributed by atoms with E-state index in [2.05, 4.69) is 35.5 Å². The Balaban J connectivity index is 1.38. The summed E-state index contributed by atoms with van der Waals surface area (Å²) in [4.78, 5) is 35.4. The van der Waals surface area contributed by atoms with Crippen LogP contribution in [0.25, 0.3) is 55.8 Å². The van der Waals surface area contributed by atoms with E-state index in [1.807, 2.05) is 61.5 Å². The van der Waals surface area contributed by atoms with Crippen LogP contribution in [0.3, 0.4) is 0 Å². The fourth-order valence-corrected chi connectivity index (χ4v) is 4.30. The van der Waals surface area contributed by atoms with Gasteiger partial charge in [-0.25, -0.2) is 4.98 Å². The highest BCUT2D eigenvalue weighted by molar-refractivity contribution is 5.99. The van der Waals surface area contributed by atoms with Crippen LogP contribution in [-0.4, -0.2) is 66.6 Å². The highest BCUT2D eigenvalue weighted by Gasteiger charge is 2.16. The van der Waals surface area contributed by atoms with Crippen molar-refractivity contribution < 1.29 is 4.79 Å².